The van der Waals surface area contributed by atoms with Gasteiger partial charge in [0.1, 0.15) is 15.5 Å². The van der Waals surface area contributed by atoms with E-state index >= 15 is 0 Å². The first kappa shape index (κ1) is 19.5. The van der Waals surface area contributed by atoms with Gasteiger partial charge >= 0.3 is 0 Å². The summed E-state index contributed by atoms with van der Waals surface area (Å²) in [6.07, 6.45) is 8.37. The number of amides is 1. The van der Waals surface area contributed by atoms with Crippen LogP contribution in [-0.4, -0.2) is 22.4 Å². The molecule has 1 amide bonds. The SMILES string of the molecule is CCC(C)CCCC(=O)[15NH]c1sc2c(c1-c1nc3cnccc3s1)CCNC2. The molecular formula is C21H26N4OS2. The van der Waals surface area contributed by atoms with Crippen molar-refractivity contribution < 1.29 is 4.79 Å². The standard InChI is InChI=1S/C21H26N4OS2/c1-3-13(2)5-4-6-18(26)25-21-19(14-7-9-23-12-17(14)28-21)20-24-15-11-22-10-8-16(15)27-20/h8,10-11,13,23H,3-7,9,12H2,1-2H3,(H,25,26)/i25+1. The molecule has 3 aromatic heterocycles. The van der Waals surface area contributed by atoms with Crippen molar-refractivity contribution in [1.29, 1.82) is 0 Å². The number of hydrogen-bond acceptors (Lipinski definition) is 6. The molecule has 3 aromatic rings. The number of rotatable bonds is 7. The summed E-state index contributed by atoms with van der Waals surface area (Å²) in [5.41, 5.74) is 3.38. The second kappa shape index (κ2) is 8.68. The first-order chi connectivity index (χ1) is 13.7. The number of nitrogens with zero attached hydrogens (tertiary/aromatic N) is 2. The number of hydrogen-bond donors (Lipinski definition) is 2. The minimum Gasteiger partial charge on any atom is -0.317 e. The Bertz CT molecular complexity index is 945. The maximum absolute atomic E-state index is 12.6. The second-order valence-electron chi connectivity index (χ2n) is 7.45. The summed E-state index contributed by atoms with van der Waals surface area (Å²) < 4.78 is 1.13. The van der Waals surface area contributed by atoms with Crippen molar-refractivity contribution in [3.63, 3.8) is 0 Å². The highest BCUT2D eigenvalue weighted by molar-refractivity contribution is 7.22. The van der Waals surface area contributed by atoms with Crippen LogP contribution in [0.5, 0.6) is 0 Å². The Labute approximate surface area is 173 Å². The third kappa shape index (κ3) is 4.11. The van der Waals surface area contributed by atoms with Crippen molar-refractivity contribution in [3.8, 4) is 10.6 Å². The summed E-state index contributed by atoms with van der Waals surface area (Å²) in [7, 11) is 0. The van der Waals surface area contributed by atoms with E-state index in [0.717, 1.165) is 58.1 Å². The topological polar surface area (TPSA) is 66.9 Å². The summed E-state index contributed by atoms with van der Waals surface area (Å²) in [6.45, 7) is 6.28. The first-order valence-electron chi connectivity index (χ1n) is 10.0. The Kier molecular flexibility index (Phi) is 6.04. The molecule has 0 fully saturated rings. The average Bonchev–Trinajstić information content (AvgIpc) is 3.27. The Morgan fingerprint density at radius 1 is 1.39 bits per heavy atom. The maximum atomic E-state index is 12.6. The predicted octanol–water partition coefficient (Wildman–Crippen LogP) is 5.22. The van der Waals surface area contributed by atoms with Crippen molar-refractivity contribution in [2.45, 2.75) is 52.5 Å². The van der Waals surface area contributed by atoms with Crippen LogP contribution in [0.3, 0.4) is 0 Å². The molecule has 0 spiro atoms. The van der Waals surface area contributed by atoms with Gasteiger partial charge in [-0.1, -0.05) is 26.7 Å². The van der Waals surface area contributed by atoms with Gasteiger partial charge in [0.25, 0.3) is 0 Å². The van der Waals surface area contributed by atoms with Gasteiger partial charge < -0.3 is 10.6 Å². The van der Waals surface area contributed by atoms with Crippen LogP contribution in [0.25, 0.3) is 20.8 Å². The summed E-state index contributed by atoms with van der Waals surface area (Å²) in [5, 5.41) is 8.58. The molecule has 148 valence electrons. The lowest BCUT2D eigenvalue weighted by Gasteiger charge is -2.13. The van der Waals surface area contributed by atoms with E-state index in [4.69, 9.17) is 4.98 Å². The zero-order valence-corrected chi connectivity index (χ0v) is 18.0. The number of anilines is 1. The smallest absolute Gasteiger partial charge is 0.224 e. The van der Waals surface area contributed by atoms with Gasteiger partial charge in [-0.3, -0.25) is 9.78 Å². The molecule has 7 heteroatoms. The predicted molar refractivity (Wildman–Crippen MR) is 118 cm³/mol. The fourth-order valence-electron chi connectivity index (χ4n) is 3.54. The third-order valence-corrected chi connectivity index (χ3v) is 7.58. The molecule has 1 aliphatic rings. The van der Waals surface area contributed by atoms with Crippen LogP contribution in [-0.2, 0) is 17.8 Å². The lowest BCUT2D eigenvalue weighted by Crippen LogP contribution is -2.22. The Morgan fingerprint density at radius 3 is 3.11 bits per heavy atom. The second-order valence-corrected chi connectivity index (χ2v) is 9.59. The molecule has 1 unspecified atom stereocenters. The quantitative estimate of drug-likeness (QED) is 0.519. The van der Waals surface area contributed by atoms with Gasteiger partial charge in [0.2, 0.25) is 5.91 Å². The maximum Gasteiger partial charge on any atom is 0.224 e. The molecule has 4 heterocycles. The van der Waals surface area contributed by atoms with Crippen LogP contribution in [0.2, 0.25) is 0 Å². The van der Waals surface area contributed by atoms with Gasteiger partial charge in [-0.15, -0.1) is 22.7 Å². The number of carbonyl (C=O) groups excluding carboxylic acids is 1. The van der Waals surface area contributed by atoms with Gasteiger partial charge in [-0.25, -0.2) is 4.98 Å². The van der Waals surface area contributed by atoms with Crippen LogP contribution in [0.15, 0.2) is 18.5 Å². The Morgan fingerprint density at radius 2 is 2.29 bits per heavy atom. The molecule has 1 aliphatic heterocycles. The van der Waals surface area contributed by atoms with E-state index in [1.54, 1.807) is 28.9 Å². The van der Waals surface area contributed by atoms with E-state index in [-0.39, 0.29) is 5.91 Å². The lowest BCUT2D eigenvalue weighted by molar-refractivity contribution is -0.116. The summed E-state index contributed by atoms with van der Waals surface area (Å²) >= 11 is 3.37. The van der Waals surface area contributed by atoms with Crippen LogP contribution in [0.4, 0.5) is 5.00 Å². The molecule has 0 radical (unpaired) electrons. The molecule has 0 aromatic carbocycles. The largest absolute Gasteiger partial charge is 0.317 e. The van der Waals surface area contributed by atoms with E-state index in [1.807, 2.05) is 12.3 Å². The van der Waals surface area contributed by atoms with Crippen LogP contribution in [0.1, 0.15) is 50.0 Å². The lowest BCUT2D eigenvalue weighted by atomic mass is 10.0. The van der Waals surface area contributed by atoms with Gasteiger partial charge in [0.05, 0.1) is 10.9 Å². The molecule has 0 aliphatic carbocycles. The highest BCUT2D eigenvalue weighted by Gasteiger charge is 2.25. The number of aromatic nitrogens is 2. The summed E-state index contributed by atoms with van der Waals surface area (Å²) in [6, 6.07) is 2.00. The molecule has 4 rings (SSSR count). The molecule has 0 bridgehead atoms. The number of thiazole rings is 1. The van der Waals surface area contributed by atoms with E-state index in [9.17, 15) is 4.79 Å². The highest BCUT2D eigenvalue weighted by atomic mass is 32.1. The van der Waals surface area contributed by atoms with Gasteiger partial charge in [-0.05, 0) is 36.9 Å². The minimum absolute atomic E-state index is 0.110. The number of carbonyl (C=O) groups is 1. The monoisotopic (exact) mass is 415 g/mol. The summed E-state index contributed by atoms with van der Waals surface area (Å²) in [5.74, 6) is 0.790. The van der Waals surface area contributed by atoms with E-state index < -0.39 is 0 Å². The number of thiophene rings is 1. The van der Waals surface area contributed by atoms with Crippen LogP contribution in [0, 0.1) is 5.92 Å². The molecule has 28 heavy (non-hydrogen) atoms. The van der Waals surface area contributed by atoms with Crippen molar-refractivity contribution >= 4 is 43.8 Å². The summed E-state index contributed by atoms with van der Waals surface area (Å²) in [4.78, 5) is 22.9. The van der Waals surface area contributed by atoms with E-state index in [2.05, 4.69) is 29.5 Å². The van der Waals surface area contributed by atoms with Gasteiger partial charge in [-0.2, -0.15) is 0 Å². The number of nitrogens with one attached hydrogen (secondary N) is 2. The van der Waals surface area contributed by atoms with Crippen molar-refractivity contribution in [2.75, 3.05) is 11.9 Å². The third-order valence-electron chi connectivity index (χ3n) is 5.38. The number of pyridine rings is 1. The molecule has 5 nitrogen and oxygen atoms in total. The molecule has 0 saturated carbocycles. The molecular weight excluding hydrogens is 389 g/mol. The average molecular weight is 416 g/mol. The van der Waals surface area contributed by atoms with Crippen LogP contribution >= 0.6 is 22.7 Å². The fourth-order valence-corrected chi connectivity index (χ4v) is 5.85. The molecule has 2 N–H and O–H groups in total. The van der Waals surface area contributed by atoms with Crippen LogP contribution < -0.4 is 10.6 Å². The minimum atomic E-state index is 0.110. The number of fused-ring (bicyclic) bond motifs is 2. The zero-order valence-electron chi connectivity index (χ0n) is 16.4. The fraction of sp³-hybridized carbons (Fsp3) is 0.476. The molecule has 1 atom stereocenters. The van der Waals surface area contributed by atoms with Gasteiger partial charge in [0, 0.05) is 29.6 Å². The van der Waals surface area contributed by atoms with E-state index in [1.165, 1.54) is 16.9 Å². The normalized spacial score (nSPS) is 14.8. The Hall–Kier alpha value is -1.83. The molecule has 0 saturated heterocycles. The van der Waals surface area contributed by atoms with Crippen molar-refractivity contribution in [1.82, 2.24) is 15.3 Å². The van der Waals surface area contributed by atoms with Crippen molar-refractivity contribution in [2.24, 2.45) is 5.92 Å². The van der Waals surface area contributed by atoms with Gasteiger partial charge in [0.15, 0.2) is 0 Å². The van der Waals surface area contributed by atoms with Crippen molar-refractivity contribution in [3.05, 3.63) is 28.9 Å². The zero-order chi connectivity index (χ0) is 19.5. The highest BCUT2D eigenvalue weighted by Crippen LogP contribution is 2.44. The van der Waals surface area contributed by atoms with E-state index in [0.29, 0.717) is 12.3 Å². The Balaban J connectivity index is 1.60. The first-order valence-corrected chi connectivity index (χ1v) is 11.6.